The van der Waals surface area contributed by atoms with Crippen LogP contribution in [-0.4, -0.2) is 29.7 Å². The van der Waals surface area contributed by atoms with Crippen molar-refractivity contribution in [2.75, 3.05) is 6.54 Å². The fourth-order valence-corrected chi connectivity index (χ4v) is 4.58. The molecule has 0 aliphatic carbocycles. The predicted molar refractivity (Wildman–Crippen MR) is 103 cm³/mol. The van der Waals surface area contributed by atoms with Gasteiger partial charge in [-0.25, -0.2) is 13.1 Å². The number of nitrogens with one attached hydrogen (secondary N) is 1. The maximum absolute atomic E-state index is 12.6. The average molecular weight is 409 g/mol. The number of aryl methyl sites for hydroxylation is 1. The van der Waals surface area contributed by atoms with E-state index in [1.807, 2.05) is 37.4 Å². The van der Waals surface area contributed by atoms with Gasteiger partial charge in [-0.15, -0.1) is 10.2 Å². The molecule has 1 heterocycles. The minimum atomic E-state index is -3.63. The normalized spacial score (nSPS) is 12.8. The summed E-state index contributed by atoms with van der Waals surface area (Å²) >= 11 is 7.28. The molecule has 0 spiro atoms. The number of sulfonamides is 1. The van der Waals surface area contributed by atoms with Crippen molar-refractivity contribution in [3.63, 3.8) is 0 Å². The van der Waals surface area contributed by atoms with Crippen molar-refractivity contribution in [1.29, 1.82) is 0 Å². The third-order valence-electron chi connectivity index (χ3n) is 3.67. The molecule has 1 aromatic heterocycles. The molecule has 1 atom stereocenters. The number of hydrogen-bond acceptors (Lipinski definition) is 5. The van der Waals surface area contributed by atoms with E-state index >= 15 is 0 Å². The van der Waals surface area contributed by atoms with Gasteiger partial charge < -0.3 is 4.57 Å². The largest absolute Gasteiger partial charge is 0.312 e. The lowest BCUT2D eigenvalue weighted by Crippen LogP contribution is -2.27. The van der Waals surface area contributed by atoms with Crippen LogP contribution in [0.15, 0.2) is 71.0 Å². The maximum atomic E-state index is 12.6. The molecule has 0 bridgehead atoms. The van der Waals surface area contributed by atoms with Gasteiger partial charge in [-0.2, -0.15) is 0 Å². The minimum Gasteiger partial charge on any atom is -0.312 e. The summed E-state index contributed by atoms with van der Waals surface area (Å²) in [5.74, 6) is 0. The number of halogens is 1. The minimum absolute atomic E-state index is 0.152. The molecular weight excluding hydrogens is 392 g/mol. The molecule has 0 saturated carbocycles. The molecular formula is C17H17ClN4O2S2. The van der Waals surface area contributed by atoms with Crippen molar-refractivity contribution < 1.29 is 8.42 Å². The number of aromatic nitrogens is 3. The molecule has 1 N–H and O–H groups in total. The zero-order valence-corrected chi connectivity index (χ0v) is 16.3. The van der Waals surface area contributed by atoms with Crippen molar-refractivity contribution in [2.24, 2.45) is 7.05 Å². The molecule has 9 heteroatoms. The summed E-state index contributed by atoms with van der Waals surface area (Å²) in [4.78, 5) is 0.178. The first-order valence-electron chi connectivity index (χ1n) is 7.76. The molecule has 6 nitrogen and oxygen atoms in total. The van der Waals surface area contributed by atoms with Crippen LogP contribution in [0, 0.1) is 0 Å². The van der Waals surface area contributed by atoms with E-state index in [4.69, 9.17) is 11.6 Å². The summed E-state index contributed by atoms with van der Waals surface area (Å²) < 4.78 is 29.6. The van der Waals surface area contributed by atoms with Gasteiger partial charge in [0.1, 0.15) is 6.33 Å². The van der Waals surface area contributed by atoms with Gasteiger partial charge in [0.15, 0.2) is 5.16 Å². The smallest absolute Gasteiger partial charge is 0.240 e. The number of benzene rings is 2. The highest BCUT2D eigenvalue weighted by molar-refractivity contribution is 7.99. The van der Waals surface area contributed by atoms with Crippen LogP contribution >= 0.6 is 23.4 Å². The van der Waals surface area contributed by atoms with Crippen molar-refractivity contribution in [1.82, 2.24) is 19.5 Å². The lowest BCUT2D eigenvalue weighted by molar-refractivity contribution is 0.581. The Bertz CT molecular complexity index is 960. The van der Waals surface area contributed by atoms with E-state index in [2.05, 4.69) is 14.9 Å². The van der Waals surface area contributed by atoms with Crippen LogP contribution in [0.25, 0.3) is 0 Å². The molecule has 0 amide bonds. The average Bonchev–Trinajstić information content (AvgIpc) is 3.04. The maximum Gasteiger partial charge on any atom is 0.240 e. The van der Waals surface area contributed by atoms with Gasteiger partial charge in [-0.1, -0.05) is 53.7 Å². The van der Waals surface area contributed by atoms with E-state index in [0.717, 1.165) is 5.56 Å². The lowest BCUT2D eigenvalue weighted by Gasteiger charge is -2.17. The molecule has 0 saturated heterocycles. The molecule has 0 fully saturated rings. The number of hydrogen-bond donors (Lipinski definition) is 1. The van der Waals surface area contributed by atoms with Crippen molar-refractivity contribution >= 4 is 33.4 Å². The van der Waals surface area contributed by atoms with Gasteiger partial charge in [0.2, 0.25) is 10.0 Å². The van der Waals surface area contributed by atoms with E-state index < -0.39 is 10.0 Å². The third kappa shape index (κ3) is 4.64. The quantitative estimate of drug-likeness (QED) is 0.607. The first kappa shape index (κ1) is 18.9. The molecule has 3 aromatic rings. The first-order chi connectivity index (χ1) is 12.5. The summed E-state index contributed by atoms with van der Waals surface area (Å²) in [5, 5.41) is 9.00. The Morgan fingerprint density at radius 2 is 1.85 bits per heavy atom. The Morgan fingerprint density at radius 1 is 1.15 bits per heavy atom. The van der Waals surface area contributed by atoms with Crippen LogP contribution < -0.4 is 4.72 Å². The van der Waals surface area contributed by atoms with Gasteiger partial charge >= 0.3 is 0 Å². The van der Waals surface area contributed by atoms with Gasteiger partial charge in [-0.05, 0) is 29.8 Å². The second kappa shape index (κ2) is 8.22. The molecule has 0 unspecified atom stereocenters. The molecule has 0 aliphatic heterocycles. The summed E-state index contributed by atoms with van der Waals surface area (Å²) in [7, 11) is -1.78. The summed E-state index contributed by atoms with van der Waals surface area (Å²) in [6, 6.07) is 15.8. The van der Waals surface area contributed by atoms with E-state index in [9.17, 15) is 8.42 Å². The SMILES string of the molecule is Cn1cnnc1S[C@@H](CNS(=O)(=O)c1ccc(Cl)cc1)c1ccccc1. The Morgan fingerprint density at radius 3 is 2.46 bits per heavy atom. The second-order valence-electron chi connectivity index (χ2n) is 5.55. The first-order valence-corrected chi connectivity index (χ1v) is 10.5. The van der Waals surface area contributed by atoms with Crippen molar-refractivity contribution in [2.45, 2.75) is 15.3 Å². The van der Waals surface area contributed by atoms with Crippen LogP contribution in [0.3, 0.4) is 0 Å². The summed E-state index contributed by atoms with van der Waals surface area (Å²) in [6.45, 7) is 0.215. The van der Waals surface area contributed by atoms with Crippen LogP contribution in [0.2, 0.25) is 5.02 Å². The van der Waals surface area contributed by atoms with Crippen LogP contribution in [0.5, 0.6) is 0 Å². The van der Waals surface area contributed by atoms with Crippen molar-refractivity contribution in [3.05, 3.63) is 71.5 Å². The number of thioether (sulfide) groups is 1. The lowest BCUT2D eigenvalue weighted by atomic mass is 10.1. The van der Waals surface area contributed by atoms with Gasteiger partial charge in [-0.3, -0.25) is 0 Å². The van der Waals surface area contributed by atoms with Crippen LogP contribution in [-0.2, 0) is 17.1 Å². The Hall–Kier alpha value is -1.87. The zero-order chi connectivity index (χ0) is 18.6. The van der Waals surface area contributed by atoms with Gasteiger partial charge in [0, 0.05) is 18.6 Å². The Kier molecular flexibility index (Phi) is 5.98. The van der Waals surface area contributed by atoms with E-state index in [0.29, 0.717) is 10.2 Å². The molecule has 0 radical (unpaired) electrons. The highest BCUT2D eigenvalue weighted by Gasteiger charge is 2.20. The summed E-state index contributed by atoms with van der Waals surface area (Å²) in [5.41, 5.74) is 0.999. The van der Waals surface area contributed by atoms with Crippen molar-refractivity contribution in [3.8, 4) is 0 Å². The monoisotopic (exact) mass is 408 g/mol. The molecule has 0 aliphatic rings. The molecule has 3 rings (SSSR count). The topological polar surface area (TPSA) is 76.9 Å². The van der Waals surface area contributed by atoms with Gasteiger partial charge in [0.05, 0.1) is 10.1 Å². The standard InChI is InChI=1S/C17H17ClN4O2S2/c1-22-12-19-21-17(22)25-16(13-5-3-2-4-6-13)11-20-26(23,24)15-9-7-14(18)8-10-15/h2-10,12,16,20H,11H2,1H3/t16-/m0/s1. The molecule has 2 aromatic carbocycles. The van der Waals surface area contributed by atoms with Crippen LogP contribution in [0.4, 0.5) is 0 Å². The fourth-order valence-electron chi connectivity index (χ4n) is 2.28. The number of rotatable bonds is 7. The van der Waals surface area contributed by atoms with Gasteiger partial charge in [0.25, 0.3) is 0 Å². The highest BCUT2D eigenvalue weighted by Crippen LogP contribution is 2.33. The van der Waals surface area contributed by atoms with E-state index in [1.165, 1.54) is 23.9 Å². The van der Waals surface area contributed by atoms with Crippen LogP contribution in [0.1, 0.15) is 10.8 Å². The number of nitrogens with zero attached hydrogens (tertiary/aromatic N) is 3. The Labute approximate surface area is 161 Å². The molecule has 136 valence electrons. The van der Waals surface area contributed by atoms with E-state index in [1.54, 1.807) is 23.0 Å². The van der Waals surface area contributed by atoms with E-state index in [-0.39, 0.29) is 16.7 Å². The fraction of sp³-hybridized carbons (Fsp3) is 0.176. The zero-order valence-electron chi connectivity index (χ0n) is 13.9. The molecule has 26 heavy (non-hydrogen) atoms. The second-order valence-corrected chi connectivity index (χ2v) is 8.92. The predicted octanol–water partition coefficient (Wildman–Crippen LogP) is 3.28. The Balaban J connectivity index is 1.79. The highest BCUT2D eigenvalue weighted by atomic mass is 35.5. The summed E-state index contributed by atoms with van der Waals surface area (Å²) in [6.07, 6.45) is 1.61. The third-order valence-corrected chi connectivity index (χ3v) is 6.67.